The maximum Gasteiger partial charge on any atom is 0.330 e. The van der Waals surface area contributed by atoms with Crippen molar-refractivity contribution in [1.29, 1.82) is 5.26 Å². The summed E-state index contributed by atoms with van der Waals surface area (Å²) in [7, 11) is 0. The minimum atomic E-state index is -0.476. The van der Waals surface area contributed by atoms with Gasteiger partial charge in [-0.1, -0.05) is 38.8 Å². The molecule has 9 nitrogen and oxygen atoms in total. The first-order valence-corrected chi connectivity index (χ1v) is 11.3. The van der Waals surface area contributed by atoms with Gasteiger partial charge >= 0.3 is 5.69 Å². The van der Waals surface area contributed by atoms with E-state index < -0.39 is 11.2 Å². The number of fused-ring (bicyclic) bond motifs is 1. The molecule has 0 bridgehead atoms. The summed E-state index contributed by atoms with van der Waals surface area (Å²) < 4.78 is 3.31. The van der Waals surface area contributed by atoms with Gasteiger partial charge in [0, 0.05) is 31.6 Å². The highest BCUT2D eigenvalue weighted by atomic mass is 35.5. The minimum absolute atomic E-state index is 0.114. The van der Waals surface area contributed by atoms with E-state index in [1.165, 1.54) is 10.6 Å². The fraction of sp³-hybridized carbons (Fsp3) is 0.435. The van der Waals surface area contributed by atoms with Crippen LogP contribution in [0.25, 0.3) is 11.2 Å². The largest absolute Gasteiger partial charge is 0.330 e. The quantitative estimate of drug-likeness (QED) is 0.495. The summed E-state index contributed by atoms with van der Waals surface area (Å²) in [5.41, 5.74) is 0.502. The molecule has 0 aliphatic rings. The molecule has 2 N–H and O–H groups in total. The Balaban J connectivity index is 1.91. The van der Waals surface area contributed by atoms with Crippen LogP contribution in [0, 0.1) is 17.2 Å². The number of H-pyrrole nitrogens is 1. The number of hydrogen-bond acceptors (Lipinski definition) is 5. The van der Waals surface area contributed by atoms with Crippen LogP contribution in [0.3, 0.4) is 0 Å². The second kappa shape index (κ2) is 10.5. The first kappa shape index (κ1) is 24.3. The Labute approximate surface area is 196 Å². The van der Waals surface area contributed by atoms with Crippen molar-refractivity contribution in [2.24, 2.45) is 5.92 Å². The Hall–Kier alpha value is -3.38. The van der Waals surface area contributed by atoms with Gasteiger partial charge < -0.3 is 9.88 Å². The molecule has 1 amide bonds. The molecule has 0 radical (unpaired) electrons. The number of aromatic nitrogens is 4. The Bertz CT molecular complexity index is 1330. The van der Waals surface area contributed by atoms with Crippen LogP contribution in [0.4, 0.5) is 5.69 Å². The van der Waals surface area contributed by atoms with Crippen LogP contribution in [0.15, 0.2) is 27.8 Å². The van der Waals surface area contributed by atoms with E-state index in [2.05, 4.69) is 15.3 Å². The SMILES string of the molecule is CCCCn1c(=O)[nH]c(=O)c2c1nc(CCC(=O)Nc1ccc(Cl)c(C#N)c1)n2CC(C)C. The average Bonchev–Trinajstić information content (AvgIpc) is 3.11. The number of amides is 1. The maximum absolute atomic E-state index is 12.7. The lowest BCUT2D eigenvalue weighted by atomic mass is 10.2. The molecule has 0 unspecified atom stereocenters. The molecular weight excluding hydrogens is 444 g/mol. The smallest absolute Gasteiger partial charge is 0.326 e. The summed E-state index contributed by atoms with van der Waals surface area (Å²) in [5, 5.41) is 12.2. The number of nitrogens with one attached hydrogen (secondary N) is 2. The Morgan fingerprint density at radius 1 is 1.30 bits per heavy atom. The summed E-state index contributed by atoms with van der Waals surface area (Å²) in [6, 6.07) is 6.68. The predicted octanol–water partition coefficient (Wildman–Crippen LogP) is 3.44. The molecule has 2 heterocycles. The summed E-state index contributed by atoms with van der Waals surface area (Å²) in [6.45, 7) is 7.06. The van der Waals surface area contributed by atoms with Crippen LogP contribution in [-0.4, -0.2) is 25.0 Å². The lowest BCUT2D eigenvalue weighted by Gasteiger charge is -2.12. The van der Waals surface area contributed by atoms with Crippen molar-refractivity contribution in [3.63, 3.8) is 0 Å². The highest BCUT2D eigenvalue weighted by molar-refractivity contribution is 6.31. The molecule has 3 rings (SSSR count). The van der Waals surface area contributed by atoms with Crippen molar-refractivity contribution in [3.8, 4) is 6.07 Å². The average molecular weight is 471 g/mol. The van der Waals surface area contributed by atoms with Crippen LogP contribution in [0.5, 0.6) is 0 Å². The molecule has 0 spiro atoms. The summed E-state index contributed by atoms with van der Waals surface area (Å²) in [6.07, 6.45) is 2.07. The molecule has 0 aliphatic heterocycles. The number of imidazole rings is 1. The molecule has 10 heteroatoms. The van der Waals surface area contributed by atoms with Crippen molar-refractivity contribution in [2.45, 2.75) is 59.5 Å². The van der Waals surface area contributed by atoms with Crippen LogP contribution in [0.2, 0.25) is 5.02 Å². The normalized spacial score (nSPS) is 11.2. The van der Waals surface area contributed by atoms with Crippen molar-refractivity contribution in [3.05, 3.63) is 55.4 Å². The van der Waals surface area contributed by atoms with E-state index >= 15 is 0 Å². The van der Waals surface area contributed by atoms with E-state index in [9.17, 15) is 14.4 Å². The second-order valence-corrected chi connectivity index (χ2v) is 8.73. The Kier molecular flexibility index (Phi) is 7.71. The van der Waals surface area contributed by atoms with Gasteiger partial charge in [0.15, 0.2) is 11.2 Å². The van der Waals surface area contributed by atoms with Crippen LogP contribution >= 0.6 is 11.6 Å². The molecule has 1 aromatic carbocycles. The number of halogens is 1. The van der Waals surface area contributed by atoms with Crippen LogP contribution in [0.1, 0.15) is 51.4 Å². The second-order valence-electron chi connectivity index (χ2n) is 8.32. The summed E-state index contributed by atoms with van der Waals surface area (Å²) >= 11 is 5.94. The highest BCUT2D eigenvalue weighted by Gasteiger charge is 2.20. The van der Waals surface area contributed by atoms with Gasteiger partial charge in [0.1, 0.15) is 11.9 Å². The summed E-state index contributed by atoms with van der Waals surface area (Å²) in [4.78, 5) is 44.7. The monoisotopic (exact) mass is 470 g/mol. The number of anilines is 1. The lowest BCUT2D eigenvalue weighted by molar-refractivity contribution is -0.116. The van der Waals surface area contributed by atoms with E-state index in [0.29, 0.717) is 40.8 Å². The molecule has 2 aromatic heterocycles. The molecule has 0 saturated carbocycles. The first-order chi connectivity index (χ1) is 15.7. The fourth-order valence-electron chi connectivity index (χ4n) is 3.63. The zero-order valence-electron chi connectivity index (χ0n) is 18.9. The highest BCUT2D eigenvalue weighted by Crippen LogP contribution is 2.20. The van der Waals surface area contributed by atoms with Crippen molar-refractivity contribution >= 4 is 34.4 Å². The standard InChI is InChI=1S/C23H27ClN6O3/c1-4-5-10-29-21-20(22(32)28-23(29)33)30(13-14(2)3)18(27-21)8-9-19(31)26-16-6-7-17(24)15(11-16)12-25/h6-7,11,14H,4-5,8-10,13H2,1-3H3,(H,26,31)(H,28,32,33). The van der Waals surface area contributed by atoms with Gasteiger partial charge in [0.2, 0.25) is 5.91 Å². The number of nitrogens with zero attached hydrogens (tertiary/aromatic N) is 4. The van der Waals surface area contributed by atoms with Gasteiger partial charge in [0.25, 0.3) is 5.56 Å². The van der Waals surface area contributed by atoms with Crippen molar-refractivity contribution < 1.29 is 4.79 Å². The van der Waals surface area contributed by atoms with Gasteiger partial charge in [-0.05, 0) is 30.5 Å². The van der Waals surface area contributed by atoms with E-state index in [0.717, 1.165) is 12.8 Å². The topological polar surface area (TPSA) is 126 Å². The molecule has 33 heavy (non-hydrogen) atoms. The molecule has 174 valence electrons. The molecule has 3 aromatic rings. The molecule has 0 atom stereocenters. The number of hydrogen-bond donors (Lipinski definition) is 2. The van der Waals surface area contributed by atoms with Crippen LogP contribution in [-0.2, 0) is 24.3 Å². The third-order valence-corrected chi connectivity index (χ3v) is 5.52. The van der Waals surface area contributed by atoms with Gasteiger partial charge in [-0.2, -0.15) is 5.26 Å². The fourth-order valence-corrected chi connectivity index (χ4v) is 3.79. The molecule has 0 saturated heterocycles. The minimum Gasteiger partial charge on any atom is -0.326 e. The molecule has 0 fully saturated rings. The van der Waals surface area contributed by atoms with E-state index in [-0.39, 0.29) is 30.2 Å². The lowest BCUT2D eigenvalue weighted by Crippen LogP contribution is -2.31. The number of nitriles is 1. The Morgan fingerprint density at radius 3 is 2.73 bits per heavy atom. The third-order valence-electron chi connectivity index (χ3n) is 5.19. The van der Waals surface area contributed by atoms with Crippen molar-refractivity contribution in [1.82, 2.24) is 19.1 Å². The number of aryl methyl sites for hydroxylation is 2. The number of carbonyl (C=O) groups is 1. The molecular formula is C23H27ClN6O3. The number of aromatic amines is 1. The van der Waals surface area contributed by atoms with E-state index in [4.69, 9.17) is 16.9 Å². The Morgan fingerprint density at radius 2 is 2.06 bits per heavy atom. The number of rotatable bonds is 9. The number of benzene rings is 1. The van der Waals surface area contributed by atoms with Gasteiger partial charge in [-0.15, -0.1) is 0 Å². The van der Waals surface area contributed by atoms with Gasteiger partial charge in [-0.3, -0.25) is 19.1 Å². The number of carbonyl (C=O) groups excluding carboxylic acids is 1. The predicted molar refractivity (Wildman–Crippen MR) is 127 cm³/mol. The van der Waals surface area contributed by atoms with E-state index in [1.54, 1.807) is 12.1 Å². The zero-order valence-corrected chi connectivity index (χ0v) is 19.7. The van der Waals surface area contributed by atoms with Gasteiger partial charge in [0.05, 0.1) is 10.6 Å². The van der Waals surface area contributed by atoms with Gasteiger partial charge in [-0.25, -0.2) is 9.78 Å². The first-order valence-electron chi connectivity index (χ1n) is 11.0. The number of unbranched alkanes of at least 4 members (excludes halogenated alkanes) is 1. The third kappa shape index (κ3) is 5.52. The molecule has 0 aliphatic carbocycles. The van der Waals surface area contributed by atoms with Crippen molar-refractivity contribution in [2.75, 3.05) is 5.32 Å². The summed E-state index contributed by atoms with van der Waals surface area (Å²) in [5.74, 6) is 0.537. The van der Waals surface area contributed by atoms with Crippen LogP contribution < -0.4 is 16.6 Å². The zero-order chi connectivity index (χ0) is 24.1. The maximum atomic E-state index is 12.7. The van der Waals surface area contributed by atoms with E-state index in [1.807, 2.05) is 31.4 Å².